The quantitative estimate of drug-likeness (QED) is 0.485. The van der Waals surface area contributed by atoms with Gasteiger partial charge in [0.2, 0.25) is 0 Å². The van der Waals surface area contributed by atoms with Crippen molar-refractivity contribution < 1.29 is 4.48 Å². The van der Waals surface area contributed by atoms with Crippen molar-refractivity contribution in [2.24, 2.45) is 0 Å². The molecule has 0 amide bonds. The van der Waals surface area contributed by atoms with Crippen molar-refractivity contribution in [3.63, 3.8) is 0 Å². The van der Waals surface area contributed by atoms with E-state index in [2.05, 4.69) is 41.1 Å². The third kappa shape index (κ3) is 14.3. The number of nitrogens with zero attached hydrogens (tertiary/aromatic N) is 1. The third-order valence-electron chi connectivity index (χ3n) is 1.65. The molecule has 0 heterocycles. The topological polar surface area (TPSA) is 0 Å². The van der Waals surface area contributed by atoms with E-state index in [9.17, 15) is 0 Å². The summed E-state index contributed by atoms with van der Waals surface area (Å²) < 4.78 is 0.951. The van der Waals surface area contributed by atoms with Gasteiger partial charge in [0.05, 0.1) is 27.2 Å². The van der Waals surface area contributed by atoms with Crippen LogP contribution in [0.2, 0.25) is 0 Å². The molecular formula is C12H26NS+. The average Bonchev–Trinajstić information content (AvgIpc) is 2.06. The van der Waals surface area contributed by atoms with Crippen LogP contribution in [0.4, 0.5) is 0 Å². The zero-order valence-electron chi connectivity index (χ0n) is 10.3. The van der Waals surface area contributed by atoms with Gasteiger partial charge in [0.25, 0.3) is 0 Å². The van der Waals surface area contributed by atoms with Crippen LogP contribution >= 0.6 is 11.8 Å². The van der Waals surface area contributed by atoms with Gasteiger partial charge in [0, 0.05) is 0 Å². The van der Waals surface area contributed by atoms with Crippen molar-refractivity contribution in [3.8, 4) is 0 Å². The van der Waals surface area contributed by atoms with E-state index in [1.54, 1.807) is 0 Å². The summed E-state index contributed by atoms with van der Waals surface area (Å²) >= 11 is 1.96. The van der Waals surface area contributed by atoms with Crippen LogP contribution < -0.4 is 0 Å². The fourth-order valence-electron chi connectivity index (χ4n) is 0.978. The maximum atomic E-state index is 3.68. The van der Waals surface area contributed by atoms with E-state index in [1.807, 2.05) is 23.9 Å². The molecule has 84 valence electrons. The highest BCUT2D eigenvalue weighted by Crippen LogP contribution is 1.95. The lowest BCUT2D eigenvalue weighted by atomic mass is 10.4. The highest BCUT2D eigenvalue weighted by atomic mass is 32.2. The molecule has 0 bridgehead atoms. The number of thioether (sulfide) groups is 1. The Bertz CT molecular complexity index is 127. The summed E-state index contributed by atoms with van der Waals surface area (Å²) in [5, 5.41) is 0. The van der Waals surface area contributed by atoms with E-state index < -0.39 is 0 Å². The van der Waals surface area contributed by atoms with E-state index in [0.717, 1.165) is 17.6 Å². The first kappa shape index (κ1) is 16.2. The number of hydrogen-bond donors (Lipinski definition) is 0. The molecule has 0 aliphatic carbocycles. The standard InChI is InChI=1S/C8H16N.C4H10S/c1-5-7-9(3,4)8-6-2;1-3-5-4-2/h5-6H,1-2,7-8H2,3-4H3;3-4H2,1-2H3/q+1;. The van der Waals surface area contributed by atoms with Gasteiger partial charge in [-0.3, -0.25) is 0 Å². The molecule has 0 aromatic rings. The molecule has 0 fully saturated rings. The van der Waals surface area contributed by atoms with Crippen LogP contribution in [0.3, 0.4) is 0 Å². The van der Waals surface area contributed by atoms with Crippen LogP contribution in [0.25, 0.3) is 0 Å². The van der Waals surface area contributed by atoms with Gasteiger partial charge in [-0.2, -0.15) is 11.8 Å². The number of rotatable bonds is 6. The minimum Gasteiger partial charge on any atom is -0.322 e. The van der Waals surface area contributed by atoms with Crippen LogP contribution in [0.5, 0.6) is 0 Å². The largest absolute Gasteiger partial charge is 0.322 e. The summed E-state index contributed by atoms with van der Waals surface area (Å²) in [6.07, 6.45) is 3.87. The normalized spacial score (nSPS) is 10.0. The van der Waals surface area contributed by atoms with E-state index in [1.165, 1.54) is 11.5 Å². The van der Waals surface area contributed by atoms with Crippen molar-refractivity contribution in [3.05, 3.63) is 25.3 Å². The summed E-state index contributed by atoms with van der Waals surface area (Å²) in [4.78, 5) is 0. The first-order valence-corrected chi connectivity index (χ1v) is 6.31. The van der Waals surface area contributed by atoms with Crippen LogP contribution in [0.1, 0.15) is 13.8 Å². The van der Waals surface area contributed by atoms with Crippen molar-refractivity contribution in [2.45, 2.75) is 13.8 Å². The van der Waals surface area contributed by atoms with Crippen molar-refractivity contribution >= 4 is 11.8 Å². The molecule has 0 aliphatic heterocycles. The Hall–Kier alpha value is -0.210. The Morgan fingerprint density at radius 2 is 1.36 bits per heavy atom. The highest BCUT2D eigenvalue weighted by molar-refractivity contribution is 7.99. The maximum absolute atomic E-state index is 3.68. The Kier molecular flexibility index (Phi) is 12.6. The van der Waals surface area contributed by atoms with Crippen LogP contribution in [0.15, 0.2) is 25.3 Å². The molecule has 14 heavy (non-hydrogen) atoms. The molecule has 0 unspecified atom stereocenters. The summed E-state index contributed by atoms with van der Waals surface area (Å²) in [7, 11) is 4.31. The summed E-state index contributed by atoms with van der Waals surface area (Å²) in [6, 6.07) is 0. The van der Waals surface area contributed by atoms with E-state index in [0.29, 0.717) is 0 Å². The molecule has 0 N–H and O–H groups in total. The second-order valence-corrected chi connectivity index (χ2v) is 5.22. The highest BCUT2D eigenvalue weighted by Gasteiger charge is 2.07. The molecule has 1 nitrogen and oxygen atoms in total. The van der Waals surface area contributed by atoms with E-state index in [-0.39, 0.29) is 0 Å². The zero-order valence-corrected chi connectivity index (χ0v) is 11.1. The average molecular weight is 216 g/mol. The van der Waals surface area contributed by atoms with E-state index in [4.69, 9.17) is 0 Å². The molecule has 0 aromatic carbocycles. The molecule has 0 radical (unpaired) electrons. The molecule has 0 saturated carbocycles. The van der Waals surface area contributed by atoms with Gasteiger partial charge in [-0.1, -0.05) is 27.0 Å². The second kappa shape index (κ2) is 10.9. The Morgan fingerprint density at radius 3 is 1.50 bits per heavy atom. The monoisotopic (exact) mass is 216 g/mol. The molecular weight excluding hydrogens is 190 g/mol. The smallest absolute Gasteiger partial charge is 0.0969 e. The molecule has 0 atom stereocenters. The van der Waals surface area contributed by atoms with Gasteiger partial charge >= 0.3 is 0 Å². The molecule has 0 aliphatic rings. The molecule has 0 rings (SSSR count). The van der Waals surface area contributed by atoms with Crippen molar-refractivity contribution in [2.75, 3.05) is 38.7 Å². The SMILES string of the molecule is C=CC[N+](C)(C)CC=C.CCSCC. The number of hydrogen-bond acceptors (Lipinski definition) is 1. The number of likely N-dealkylation sites (N-methyl/N-ethyl adjacent to an activating group) is 1. The predicted octanol–water partition coefficient (Wildman–Crippen LogP) is 3.19. The fourth-order valence-corrected chi connectivity index (χ4v) is 1.39. The Balaban J connectivity index is 0. The van der Waals surface area contributed by atoms with Gasteiger partial charge in [-0.25, -0.2) is 0 Å². The molecule has 0 saturated heterocycles. The summed E-state index contributed by atoms with van der Waals surface area (Å²) in [6.45, 7) is 13.7. The first-order valence-electron chi connectivity index (χ1n) is 5.15. The minimum absolute atomic E-state index is 0.951. The Morgan fingerprint density at radius 1 is 1.00 bits per heavy atom. The van der Waals surface area contributed by atoms with Gasteiger partial charge in [-0.15, -0.1) is 0 Å². The van der Waals surface area contributed by atoms with Crippen molar-refractivity contribution in [1.29, 1.82) is 0 Å². The number of quaternary nitrogens is 1. The van der Waals surface area contributed by atoms with Crippen LogP contribution in [0, 0.1) is 0 Å². The minimum atomic E-state index is 0.951. The van der Waals surface area contributed by atoms with E-state index >= 15 is 0 Å². The molecule has 2 heteroatoms. The maximum Gasteiger partial charge on any atom is 0.0969 e. The first-order chi connectivity index (χ1) is 6.54. The summed E-state index contributed by atoms with van der Waals surface area (Å²) in [5.74, 6) is 2.52. The lowest BCUT2D eigenvalue weighted by Gasteiger charge is -2.26. The van der Waals surface area contributed by atoms with Crippen molar-refractivity contribution in [1.82, 2.24) is 0 Å². The van der Waals surface area contributed by atoms with Crippen LogP contribution in [-0.2, 0) is 0 Å². The second-order valence-electron chi connectivity index (χ2n) is 3.66. The zero-order chi connectivity index (χ0) is 11.4. The third-order valence-corrected chi connectivity index (χ3v) is 2.47. The molecule has 0 aromatic heterocycles. The van der Waals surface area contributed by atoms with Gasteiger partial charge in [0.15, 0.2) is 0 Å². The van der Waals surface area contributed by atoms with Gasteiger partial charge in [-0.05, 0) is 23.7 Å². The lowest BCUT2D eigenvalue weighted by Crippen LogP contribution is -2.39. The predicted molar refractivity (Wildman–Crippen MR) is 70.9 cm³/mol. The fraction of sp³-hybridized carbons (Fsp3) is 0.667. The lowest BCUT2D eigenvalue weighted by molar-refractivity contribution is -0.878. The molecule has 0 spiro atoms. The van der Waals surface area contributed by atoms with Gasteiger partial charge < -0.3 is 4.48 Å². The van der Waals surface area contributed by atoms with Gasteiger partial charge in [0.1, 0.15) is 0 Å². The Labute approximate surface area is 94.5 Å². The summed E-state index contributed by atoms with van der Waals surface area (Å²) in [5.41, 5.74) is 0. The van der Waals surface area contributed by atoms with Crippen LogP contribution in [-0.4, -0.2) is 43.2 Å².